The summed E-state index contributed by atoms with van der Waals surface area (Å²) in [5.74, 6) is 1.77. The van der Waals surface area contributed by atoms with Crippen molar-refractivity contribution in [1.29, 1.82) is 0 Å². The quantitative estimate of drug-likeness (QED) is 0.843. The number of nitrogens with zero attached hydrogens (tertiary/aromatic N) is 1. The zero-order valence-corrected chi connectivity index (χ0v) is 11.2. The first kappa shape index (κ1) is 12.6. The van der Waals surface area contributed by atoms with E-state index in [4.69, 9.17) is 0 Å². The van der Waals surface area contributed by atoms with E-state index in [1.54, 1.807) is 0 Å². The van der Waals surface area contributed by atoms with Crippen LogP contribution in [0.15, 0.2) is 18.3 Å². The third-order valence-corrected chi connectivity index (χ3v) is 4.04. The van der Waals surface area contributed by atoms with Gasteiger partial charge in [-0.1, -0.05) is 26.8 Å². The molecule has 17 heavy (non-hydrogen) atoms. The Hall–Kier alpha value is -0.890. The molecule has 0 aliphatic heterocycles. The Bertz CT molecular complexity index is 354. The van der Waals surface area contributed by atoms with Crippen LogP contribution in [0.3, 0.4) is 0 Å². The van der Waals surface area contributed by atoms with Crippen LogP contribution >= 0.6 is 0 Å². The summed E-state index contributed by atoms with van der Waals surface area (Å²) in [5.41, 5.74) is 2.60. The van der Waals surface area contributed by atoms with Crippen molar-refractivity contribution in [2.75, 3.05) is 0 Å². The van der Waals surface area contributed by atoms with Gasteiger partial charge in [0.1, 0.15) is 0 Å². The summed E-state index contributed by atoms with van der Waals surface area (Å²) >= 11 is 0. The molecule has 2 heteroatoms. The minimum atomic E-state index is 0.717. The van der Waals surface area contributed by atoms with Gasteiger partial charge in [-0.05, 0) is 42.7 Å². The van der Waals surface area contributed by atoms with Crippen molar-refractivity contribution < 1.29 is 0 Å². The van der Waals surface area contributed by atoms with E-state index in [0.717, 1.165) is 24.8 Å². The van der Waals surface area contributed by atoms with Gasteiger partial charge in [0, 0.05) is 18.8 Å². The Morgan fingerprint density at radius 2 is 2.18 bits per heavy atom. The van der Waals surface area contributed by atoms with Crippen LogP contribution in [0, 0.1) is 11.8 Å². The molecule has 2 rings (SSSR count). The lowest BCUT2D eigenvalue weighted by molar-refractivity contribution is 0.167. The standard InChI is InChI=1S/C15H24N2/c1-4-12-6-5-7-16-15(12)10-17-14-8-13(9-14)11(2)3/h5-7,11,13-14,17H,4,8-10H2,1-3H3. The lowest BCUT2D eigenvalue weighted by Crippen LogP contribution is -2.42. The zero-order chi connectivity index (χ0) is 12.3. The normalized spacial score (nSPS) is 23.8. The molecule has 1 saturated carbocycles. The Balaban J connectivity index is 1.79. The number of hydrogen-bond donors (Lipinski definition) is 1. The van der Waals surface area contributed by atoms with Crippen LogP contribution in [0.1, 0.15) is 44.9 Å². The van der Waals surface area contributed by atoms with E-state index in [-0.39, 0.29) is 0 Å². The van der Waals surface area contributed by atoms with E-state index < -0.39 is 0 Å². The van der Waals surface area contributed by atoms with Crippen LogP contribution < -0.4 is 5.32 Å². The number of aryl methyl sites for hydroxylation is 1. The maximum Gasteiger partial charge on any atom is 0.0573 e. The summed E-state index contributed by atoms with van der Waals surface area (Å²) in [7, 11) is 0. The Morgan fingerprint density at radius 3 is 2.82 bits per heavy atom. The zero-order valence-electron chi connectivity index (χ0n) is 11.2. The molecule has 1 fully saturated rings. The molecular weight excluding hydrogens is 208 g/mol. The maximum atomic E-state index is 4.47. The molecule has 0 atom stereocenters. The van der Waals surface area contributed by atoms with Gasteiger partial charge in [-0.3, -0.25) is 4.98 Å². The molecule has 0 unspecified atom stereocenters. The van der Waals surface area contributed by atoms with Gasteiger partial charge < -0.3 is 5.32 Å². The molecule has 0 spiro atoms. The van der Waals surface area contributed by atoms with Crippen LogP contribution in [-0.2, 0) is 13.0 Å². The highest BCUT2D eigenvalue weighted by atomic mass is 14.9. The number of nitrogens with one attached hydrogen (secondary N) is 1. The smallest absolute Gasteiger partial charge is 0.0573 e. The Labute approximate surface area is 105 Å². The second-order valence-electron chi connectivity index (χ2n) is 5.52. The average molecular weight is 232 g/mol. The first-order chi connectivity index (χ1) is 8.20. The molecule has 1 aromatic rings. The molecule has 1 N–H and O–H groups in total. The molecule has 0 radical (unpaired) electrons. The van der Waals surface area contributed by atoms with Gasteiger partial charge >= 0.3 is 0 Å². The predicted molar refractivity (Wildman–Crippen MR) is 71.8 cm³/mol. The largest absolute Gasteiger partial charge is 0.308 e. The molecule has 0 saturated heterocycles. The Kier molecular flexibility index (Phi) is 4.16. The Morgan fingerprint density at radius 1 is 1.41 bits per heavy atom. The van der Waals surface area contributed by atoms with Gasteiger partial charge in [0.15, 0.2) is 0 Å². The highest BCUT2D eigenvalue weighted by molar-refractivity contribution is 5.19. The summed E-state index contributed by atoms with van der Waals surface area (Å²) in [6.07, 6.45) is 5.65. The third-order valence-electron chi connectivity index (χ3n) is 4.04. The summed E-state index contributed by atoms with van der Waals surface area (Å²) in [6, 6.07) is 4.93. The van der Waals surface area contributed by atoms with Gasteiger partial charge in [0.2, 0.25) is 0 Å². The van der Waals surface area contributed by atoms with Crippen LogP contribution in [0.25, 0.3) is 0 Å². The second-order valence-corrected chi connectivity index (χ2v) is 5.52. The van der Waals surface area contributed by atoms with Crippen LogP contribution in [0.2, 0.25) is 0 Å². The van der Waals surface area contributed by atoms with Crippen molar-refractivity contribution in [2.45, 2.75) is 52.6 Å². The molecule has 0 aromatic carbocycles. The fourth-order valence-electron chi connectivity index (χ4n) is 2.57. The van der Waals surface area contributed by atoms with E-state index in [1.165, 1.54) is 24.1 Å². The van der Waals surface area contributed by atoms with E-state index in [0.29, 0.717) is 6.04 Å². The monoisotopic (exact) mass is 232 g/mol. The fraction of sp³-hybridized carbons (Fsp3) is 0.667. The molecule has 1 aromatic heterocycles. The SMILES string of the molecule is CCc1cccnc1CNC1CC(C(C)C)C1. The summed E-state index contributed by atoms with van der Waals surface area (Å²) in [6.45, 7) is 7.78. The van der Waals surface area contributed by atoms with Gasteiger partial charge in [0.25, 0.3) is 0 Å². The van der Waals surface area contributed by atoms with Gasteiger partial charge in [0.05, 0.1) is 5.69 Å². The number of pyridine rings is 1. The summed E-state index contributed by atoms with van der Waals surface area (Å²) in [4.78, 5) is 4.47. The number of rotatable bonds is 5. The molecule has 94 valence electrons. The summed E-state index contributed by atoms with van der Waals surface area (Å²) < 4.78 is 0. The first-order valence-electron chi connectivity index (χ1n) is 6.86. The number of hydrogen-bond acceptors (Lipinski definition) is 2. The second kappa shape index (κ2) is 5.63. The fourth-order valence-corrected chi connectivity index (χ4v) is 2.57. The van der Waals surface area contributed by atoms with Gasteiger partial charge in [-0.15, -0.1) is 0 Å². The van der Waals surface area contributed by atoms with Crippen molar-refractivity contribution >= 4 is 0 Å². The molecular formula is C15H24N2. The molecule has 0 bridgehead atoms. The minimum Gasteiger partial charge on any atom is -0.308 e. The number of aromatic nitrogens is 1. The van der Waals surface area contributed by atoms with Crippen LogP contribution in [0.5, 0.6) is 0 Å². The van der Waals surface area contributed by atoms with E-state index >= 15 is 0 Å². The molecule has 1 aliphatic rings. The molecule has 1 heterocycles. The van der Waals surface area contributed by atoms with Gasteiger partial charge in [-0.25, -0.2) is 0 Å². The molecule has 1 aliphatic carbocycles. The van der Waals surface area contributed by atoms with Crippen molar-refractivity contribution in [3.05, 3.63) is 29.6 Å². The average Bonchev–Trinajstić information content (AvgIpc) is 2.27. The van der Waals surface area contributed by atoms with Crippen molar-refractivity contribution in [3.8, 4) is 0 Å². The lowest BCUT2D eigenvalue weighted by atomic mass is 9.73. The maximum absolute atomic E-state index is 4.47. The molecule has 2 nitrogen and oxygen atoms in total. The predicted octanol–water partition coefficient (Wildman–Crippen LogP) is 3.17. The van der Waals surface area contributed by atoms with Crippen molar-refractivity contribution in [3.63, 3.8) is 0 Å². The van der Waals surface area contributed by atoms with E-state index in [9.17, 15) is 0 Å². The summed E-state index contributed by atoms with van der Waals surface area (Å²) in [5, 5.41) is 3.63. The topological polar surface area (TPSA) is 24.9 Å². The van der Waals surface area contributed by atoms with Crippen molar-refractivity contribution in [1.82, 2.24) is 10.3 Å². The van der Waals surface area contributed by atoms with Crippen LogP contribution in [0.4, 0.5) is 0 Å². The van der Waals surface area contributed by atoms with E-state index in [1.807, 2.05) is 12.3 Å². The lowest BCUT2D eigenvalue weighted by Gasteiger charge is -2.38. The highest BCUT2D eigenvalue weighted by Gasteiger charge is 2.30. The minimum absolute atomic E-state index is 0.717. The third kappa shape index (κ3) is 3.06. The highest BCUT2D eigenvalue weighted by Crippen LogP contribution is 2.33. The van der Waals surface area contributed by atoms with Crippen molar-refractivity contribution in [2.24, 2.45) is 11.8 Å². The van der Waals surface area contributed by atoms with Gasteiger partial charge in [-0.2, -0.15) is 0 Å². The first-order valence-corrected chi connectivity index (χ1v) is 6.86. The molecule has 0 amide bonds. The van der Waals surface area contributed by atoms with Crippen LogP contribution in [-0.4, -0.2) is 11.0 Å². The van der Waals surface area contributed by atoms with E-state index in [2.05, 4.69) is 37.1 Å².